The highest BCUT2D eigenvalue weighted by atomic mass is 127. The lowest BCUT2D eigenvalue weighted by atomic mass is 10.2. The first-order valence-corrected chi connectivity index (χ1v) is 10.2. The summed E-state index contributed by atoms with van der Waals surface area (Å²) in [6, 6.07) is 7.11. The number of rotatable bonds is 7. The van der Waals surface area contributed by atoms with Crippen molar-refractivity contribution in [2.45, 2.75) is 33.4 Å². The van der Waals surface area contributed by atoms with Crippen LogP contribution in [0, 0.1) is 5.82 Å². The number of aromatic nitrogens is 1. The second-order valence-electron chi connectivity index (χ2n) is 7.04. The lowest BCUT2D eigenvalue weighted by Crippen LogP contribution is -2.52. The monoisotopic (exact) mass is 531 g/mol. The number of nitrogens with one attached hydrogen (secondary N) is 1. The molecule has 0 bridgehead atoms. The highest BCUT2D eigenvalue weighted by Gasteiger charge is 2.20. The van der Waals surface area contributed by atoms with Gasteiger partial charge in [0.2, 0.25) is 0 Å². The highest BCUT2D eigenvalue weighted by Crippen LogP contribution is 2.19. The SMILES string of the molecule is CCNC(=NCc1cc(CC)no1)N1CCN(Cc2ccc(OC)c(F)c2)CC1.I. The van der Waals surface area contributed by atoms with E-state index in [4.69, 9.17) is 14.3 Å². The summed E-state index contributed by atoms with van der Waals surface area (Å²) in [6.07, 6.45) is 0.855. The molecule has 1 saturated heterocycles. The summed E-state index contributed by atoms with van der Waals surface area (Å²) >= 11 is 0. The number of halogens is 2. The van der Waals surface area contributed by atoms with E-state index in [0.717, 1.165) is 68.7 Å². The van der Waals surface area contributed by atoms with E-state index in [2.05, 4.69) is 34.1 Å². The van der Waals surface area contributed by atoms with E-state index in [9.17, 15) is 4.39 Å². The lowest BCUT2D eigenvalue weighted by molar-refractivity contribution is 0.172. The van der Waals surface area contributed by atoms with Gasteiger partial charge in [-0.25, -0.2) is 9.38 Å². The number of hydrogen-bond donors (Lipinski definition) is 1. The quantitative estimate of drug-likeness (QED) is 0.336. The van der Waals surface area contributed by atoms with Gasteiger partial charge < -0.3 is 19.5 Å². The van der Waals surface area contributed by atoms with Crippen LogP contribution in [0.3, 0.4) is 0 Å². The van der Waals surface area contributed by atoms with Crippen molar-refractivity contribution in [1.29, 1.82) is 0 Å². The van der Waals surface area contributed by atoms with E-state index >= 15 is 0 Å². The Morgan fingerprint density at radius 3 is 2.60 bits per heavy atom. The fraction of sp³-hybridized carbons (Fsp3) is 0.524. The first-order valence-electron chi connectivity index (χ1n) is 10.2. The van der Waals surface area contributed by atoms with Crippen molar-refractivity contribution in [3.63, 3.8) is 0 Å². The average Bonchev–Trinajstić information content (AvgIpc) is 3.20. The summed E-state index contributed by atoms with van der Waals surface area (Å²) in [5.74, 6) is 1.63. The molecular weight excluding hydrogens is 500 g/mol. The maximum absolute atomic E-state index is 13.9. The van der Waals surface area contributed by atoms with Crippen LogP contribution < -0.4 is 10.1 Å². The smallest absolute Gasteiger partial charge is 0.194 e. The number of ether oxygens (including phenoxy) is 1. The van der Waals surface area contributed by atoms with Crippen molar-refractivity contribution in [1.82, 2.24) is 20.3 Å². The number of hydrogen-bond acceptors (Lipinski definition) is 5. The topological polar surface area (TPSA) is 66.1 Å². The molecule has 0 aliphatic carbocycles. The number of piperazine rings is 1. The molecule has 1 N–H and O–H groups in total. The number of aryl methyl sites for hydroxylation is 1. The Hall–Kier alpha value is -1.88. The van der Waals surface area contributed by atoms with Gasteiger partial charge in [0.1, 0.15) is 6.54 Å². The van der Waals surface area contributed by atoms with Crippen LogP contribution >= 0.6 is 24.0 Å². The molecule has 2 aromatic rings. The van der Waals surface area contributed by atoms with Crippen molar-refractivity contribution >= 4 is 29.9 Å². The van der Waals surface area contributed by atoms with Crippen LogP contribution in [-0.2, 0) is 19.5 Å². The molecule has 0 atom stereocenters. The summed E-state index contributed by atoms with van der Waals surface area (Å²) in [6.45, 7) is 9.62. The van der Waals surface area contributed by atoms with Crippen LogP contribution in [0.2, 0.25) is 0 Å². The van der Waals surface area contributed by atoms with Gasteiger partial charge in [-0.1, -0.05) is 18.1 Å². The Morgan fingerprint density at radius 1 is 1.23 bits per heavy atom. The standard InChI is InChI=1S/C21H30FN5O2.HI/c1-4-17-13-18(29-25-17)14-24-21(23-5-2)27-10-8-26(9-11-27)15-16-6-7-20(28-3)19(22)12-16;/h6-7,12-13H,4-5,8-11,14-15H2,1-3H3,(H,23,24);1H. The van der Waals surface area contributed by atoms with Gasteiger partial charge in [0.25, 0.3) is 0 Å². The van der Waals surface area contributed by atoms with Crippen molar-refractivity contribution in [3.05, 3.63) is 47.1 Å². The van der Waals surface area contributed by atoms with Crippen LogP contribution in [0.1, 0.15) is 30.9 Å². The van der Waals surface area contributed by atoms with E-state index < -0.39 is 0 Å². The lowest BCUT2D eigenvalue weighted by Gasteiger charge is -2.36. The van der Waals surface area contributed by atoms with E-state index in [0.29, 0.717) is 6.54 Å². The Morgan fingerprint density at radius 2 is 2.00 bits per heavy atom. The molecule has 7 nitrogen and oxygen atoms in total. The second-order valence-corrected chi connectivity index (χ2v) is 7.04. The normalized spacial score (nSPS) is 15.1. The summed E-state index contributed by atoms with van der Waals surface area (Å²) in [4.78, 5) is 9.29. The molecule has 1 aromatic heterocycles. The third-order valence-corrected chi connectivity index (χ3v) is 4.98. The third-order valence-electron chi connectivity index (χ3n) is 4.98. The van der Waals surface area contributed by atoms with Crippen LogP contribution in [0.5, 0.6) is 5.75 Å². The summed E-state index contributed by atoms with van der Waals surface area (Å²) in [5, 5.41) is 7.38. The van der Waals surface area contributed by atoms with Gasteiger partial charge in [0.05, 0.1) is 12.8 Å². The van der Waals surface area contributed by atoms with Crippen molar-refractivity contribution in [2.24, 2.45) is 4.99 Å². The summed E-state index contributed by atoms with van der Waals surface area (Å²) < 4.78 is 24.2. The van der Waals surface area contributed by atoms with Crippen molar-refractivity contribution in [2.75, 3.05) is 39.8 Å². The zero-order valence-corrected chi connectivity index (χ0v) is 20.2. The fourth-order valence-corrected chi connectivity index (χ4v) is 3.36. The van der Waals surface area contributed by atoms with Gasteiger partial charge >= 0.3 is 0 Å². The molecule has 0 radical (unpaired) electrons. The molecular formula is C21H31FIN5O2. The van der Waals surface area contributed by atoms with E-state index in [1.54, 1.807) is 12.1 Å². The number of methoxy groups -OCH3 is 1. The predicted molar refractivity (Wildman–Crippen MR) is 126 cm³/mol. The summed E-state index contributed by atoms with van der Waals surface area (Å²) in [7, 11) is 1.48. The maximum atomic E-state index is 13.9. The second kappa shape index (κ2) is 12.1. The Balaban J connectivity index is 0.00000320. The molecule has 2 heterocycles. The third kappa shape index (κ3) is 6.56. The van der Waals surface area contributed by atoms with Gasteiger partial charge in [-0.3, -0.25) is 4.90 Å². The Bertz CT molecular complexity index is 821. The molecule has 0 saturated carbocycles. The Labute approximate surface area is 194 Å². The molecule has 166 valence electrons. The zero-order valence-electron chi connectivity index (χ0n) is 17.9. The molecule has 1 aliphatic heterocycles. The molecule has 0 amide bonds. The fourth-order valence-electron chi connectivity index (χ4n) is 3.36. The van der Waals surface area contributed by atoms with E-state index in [1.807, 2.05) is 12.1 Å². The Kier molecular flexibility index (Phi) is 9.83. The van der Waals surface area contributed by atoms with E-state index in [-0.39, 0.29) is 35.5 Å². The van der Waals surface area contributed by atoms with Crippen LogP contribution in [-0.4, -0.2) is 60.7 Å². The summed E-state index contributed by atoms with van der Waals surface area (Å²) in [5.41, 5.74) is 1.90. The van der Waals surface area contributed by atoms with Gasteiger partial charge in [-0.2, -0.15) is 0 Å². The minimum atomic E-state index is -0.316. The molecule has 3 rings (SSSR count). The van der Waals surface area contributed by atoms with Gasteiger partial charge in [0.15, 0.2) is 23.3 Å². The largest absolute Gasteiger partial charge is 0.494 e. The molecule has 0 unspecified atom stereocenters. The zero-order chi connectivity index (χ0) is 20.6. The van der Waals surface area contributed by atoms with Crippen LogP contribution in [0.4, 0.5) is 4.39 Å². The minimum absolute atomic E-state index is 0. The molecule has 9 heteroatoms. The number of benzene rings is 1. The number of nitrogens with zero attached hydrogens (tertiary/aromatic N) is 4. The first-order chi connectivity index (χ1) is 14.1. The van der Waals surface area contributed by atoms with Crippen LogP contribution in [0.25, 0.3) is 0 Å². The maximum Gasteiger partial charge on any atom is 0.194 e. The van der Waals surface area contributed by atoms with Gasteiger partial charge in [-0.15, -0.1) is 24.0 Å². The molecule has 0 spiro atoms. The number of aliphatic imine (C=N–C) groups is 1. The minimum Gasteiger partial charge on any atom is -0.494 e. The average molecular weight is 531 g/mol. The van der Waals surface area contributed by atoms with E-state index in [1.165, 1.54) is 7.11 Å². The van der Waals surface area contributed by atoms with Gasteiger partial charge in [0, 0.05) is 45.3 Å². The molecule has 1 aromatic carbocycles. The molecule has 1 fully saturated rings. The first kappa shape index (κ1) is 24.4. The predicted octanol–water partition coefficient (Wildman–Crippen LogP) is 3.29. The highest BCUT2D eigenvalue weighted by molar-refractivity contribution is 14.0. The van der Waals surface area contributed by atoms with Crippen molar-refractivity contribution < 1.29 is 13.7 Å². The molecule has 1 aliphatic rings. The van der Waals surface area contributed by atoms with Crippen LogP contribution in [0.15, 0.2) is 33.8 Å². The number of guanidine groups is 1. The molecule has 30 heavy (non-hydrogen) atoms. The van der Waals surface area contributed by atoms with Crippen molar-refractivity contribution in [3.8, 4) is 5.75 Å². The van der Waals surface area contributed by atoms with Gasteiger partial charge in [-0.05, 0) is 31.0 Å².